The van der Waals surface area contributed by atoms with E-state index in [0.717, 1.165) is 24.3 Å². The van der Waals surface area contributed by atoms with Gasteiger partial charge in [0, 0.05) is 28.1 Å². The van der Waals surface area contributed by atoms with E-state index in [-0.39, 0.29) is 5.41 Å². The molecule has 22 heavy (non-hydrogen) atoms. The standard InChI is InChI=1S/C17H29N3S2/c1-5-18-16(20-13-8-9-14(11-13)21-4)19-12-17(2,3)15-7-6-10-22-15/h6-7,10,13-14H,5,8-9,11-12H2,1-4H3,(H2,18,19,20). The van der Waals surface area contributed by atoms with Crippen LogP contribution in [0.1, 0.15) is 44.9 Å². The summed E-state index contributed by atoms with van der Waals surface area (Å²) in [6, 6.07) is 4.90. The fourth-order valence-corrected chi connectivity index (χ4v) is 4.46. The Morgan fingerprint density at radius 2 is 2.27 bits per heavy atom. The highest BCUT2D eigenvalue weighted by atomic mass is 32.2. The predicted octanol–water partition coefficient (Wildman–Crippen LogP) is 3.86. The molecule has 2 unspecified atom stereocenters. The molecule has 124 valence electrons. The first-order chi connectivity index (χ1) is 10.5. The third-order valence-electron chi connectivity index (χ3n) is 4.22. The van der Waals surface area contributed by atoms with E-state index in [1.165, 1.54) is 24.1 Å². The average Bonchev–Trinajstić information content (AvgIpc) is 3.16. The summed E-state index contributed by atoms with van der Waals surface area (Å²) in [6.45, 7) is 8.38. The number of hydrogen-bond acceptors (Lipinski definition) is 3. The highest BCUT2D eigenvalue weighted by Gasteiger charge is 2.25. The minimum atomic E-state index is 0.0913. The van der Waals surface area contributed by atoms with Gasteiger partial charge in [-0.05, 0) is 43.9 Å². The van der Waals surface area contributed by atoms with Crippen molar-refractivity contribution < 1.29 is 0 Å². The summed E-state index contributed by atoms with van der Waals surface area (Å²) in [5, 5.41) is 9.98. The number of thioether (sulfide) groups is 1. The monoisotopic (exact) mass is 339 g/mol. The Morgan fingerprint density at radius 3 is 2.86 bits per heavy atom. The number of rotatable bonds is 6. The molecule has 2 N–H and O–H groups in total. The van der Waals surface area contributed by atoms with Crippen molar-refractivity contribution in [3.05, 3.63) is 22.4 Å². The lowest BCUT2D eigenvalue weighted by Gasteiger charge is -2.23. The van der Waals surface area contributed by atoms with Gasteiger partial charge in [0.2, 0.25) is 0 Å². The van der Waals surface area contributed by atoms with Gasteiger partial charge in [0.1, 0.15) is 0 Å². The molecular weight excluding hydrogens is 310 g/mol. The fourth-order valence-electron chi connectivity index (χ4n) is 2.82. The highest BCUT2D eigenvalue weighted by molar-refractivity contribution is 7.99. The zero-order valence-electron chi connectivity index (χ0n) is 14.2. The Bertz CT molecular complexity index is 468. The average molecular weight is 340 g/mol. The van der Waals surface area contributed by atoms with E-state index in [2.05, 4.69) is 55.2 Å². The summed E-state index contributed by atoms with van der Waals surface area (Å²) in [6.07, 6.45) is 6.04. The van der Waals surface area contributed by atoms with E-state index < -0.39 is 0 Å². The molecule has 0 spiro atoms. The summed E-state index contributed by atoms with van der Waals surface area (Å²) < 4.78 is 0. The summed E-state index contributed by atoms with van der Waals surface area (Å²) in [7, 11) is 0. The number of nitrogens with zero attached hydrogens (tertiary/aromatic N) is 1. The SMILES string of the molecule is CCNC(=NCC(C)(C)c1cccs1)NC1CCC(SC)C1. The second-order valence-electron chi connectivity index (χ2n) is 6.57. The first-order valence-electron chi connectivity index (χ1n) is 8.16. The van der Waals surface area contributed by atoms with Crippen molar-refractivity contribution in [3.63, 3.8) is 0 Å². The fraction of sp³-hybridized carbons (Fsp3) is 0.706. The second-order valence-corrected chi connectivity index (χ2v) is 8.65. The molecule has 1 saturated carbocycles. The molecule has 5 heteroatoms. The normalized spacial score (nSPS) is 22.8. The van der Waals surface area contributed by atoms with Crippen molar-refractivity contribution in [3.8, 4) is 0 Å². The lowest BCUT2D eigenvalue weighted by Crippen LogP contribution is -2.43. The molecule has 0 aromatic carbocycles. The van der Waals surface area contributed by atoms with E-state index in [0.29, 0.717) is 6.04 Å². The first-order valence-corrected chi connectivity index (χ1v) is 10.3. The molecule has 2 rings (SSSR count). The van der Waals surface area contributed by atoms with E-state index in [1.54, 1.807) is 0 Å². The van der Waals surface area contributed by atoms with Crippen molar-refractivity contribution in [2.24, 2.45) is 4.99 Å². The van der Waals surface area contributed by atoms with E-state index >= 15 is 0 Å². The van der Waals surface area contributed by atoms with Crippen LogP contribution in [0.5, 0.6) is 0 Å². The van der Waals surface area contributed by atoms with Crippen LogP contribution in [0.25, 0.3) is 0 Å². The second kappa shape index (κ2) is 8.25. The van der Waals surface area contributed by atoms with Crippen LogP contribution < -0.4 is 10.6 Å². The molecule has 0 radical (unpaired) electrons. The van der Waals surface area contributed by atoms with Gasteiger partial charge in [0.15, 0.2) is 5.96 Å². The van der Waals surface area contributed by atoms with Crippen LogP contribution in [0.15, 0.2) is 22.5 Å². The largest absolute Gasteiger partial charge is 0.357 e. The highest BCUT2D eigenvalue weighted by Crippen LogP contribution is 2.29. The maximum atomic E-state index is 4.85. The zero-order chi connectivity index (χ0) is 16.0. The Morgan fingerprint density at radius 1 is 1.45 bits per heavy atom. The van der Waals surface area contributed by atoms with Gasteiger partial charge in [-0.3, -0.25) is 4.99 Å². The predicted molar refractivity (Wildman–Crippen MR) is 101 cm³/mol. The van der Waals surface area contributed by atoms with Gasteiger partial charge in [-0.25, -0.2) is 0 Å². The van der Waals surface area contributed by atoms with Crippen LogP contribution in [0.3, 0.4) is 0 Å². The number of aliphatic imine (C=N–C) groups is 1. The minimum Gasteiger partial charge on any atom is -0.357 e. The number of hydrogen-bond donors (Lipinski definition) is 2. The van der Waals surface area contributed by atoms with Crippen LogP contribution in [-0.2, 0) is 5.41 Å². The van der Waals surface area contributed by atoms with Gasteiger partial charge in [0.25, 0.3) is 0 Å². The van der Waals surface area contributed by atoms with Gasteiger partial charge >= 0.3 is 0 Å². The first kappa shape index (κ1) is 17.7. The lowest BCUT2D eigenvalue weighted by molar-refractivity contribution is 0.543. The molecule has 1 aromatic heterocycles. The smallest absolute Gasteiger partial charge is 0.191 e. The number of nitrogens with one attached hydrogen (secondary N) is 2. The summed E-state index contributed by atoms with van der Waals surface area (Å²) >= 11 is 3.81. The molecule has 1 aromatic rings. The molecule has 1 aliphatic rings. The van der Waals surface area contributed by atoms with E-state index in [1.807, 2.05) is 23.1 Å². The van der Waals surface area contributed by atoms with Crippen molar-refractivity contribution in [1.29, 1.82) is 0 Å². The molecule has 0 saturated heterocycles. The van der Waals surface area contributed by atoms with Gasteiger partial charge in [-0.15, -0.1) is 11.3 Å². The Labute approximate surface area is 143 Å². The van der Waals surface area contributed by atoms with Crippen molar-refractivity contribution in [1.82, 2.24) is 10.6 Å². The maximum Gasteiger partial charge on any atom is 0.191 e. The number of guanidine groups is 1. The topological polar surface area (TPSA) is 36.4 Å². The molecule has 3 nitrogen and oxygen atoms in total. The molecule has 1 fully saturated rings. The Balaban J connectivity index is 1.95. The molecule has 0 amide bonds. The maximum absolute atomic E-state index is 4.85. The van der Waals surface area contributed by atoms with Crippen molar-refractivity contribution in [2.45, 2.75) is 56.7 Å². The third-order valence-corrected chi connectivity index (χ3v) is 6.55. The summed E-state index contributed by atoms with van der Waals surface area (Å²) in [5.74, 6) is 0.971. The molecule has 0 aliphatic heterocycles. The van der Waals surface area contributed by atoms with Gasteiger partial charge < -0.3 is 10.6 Å². The molecule has 1 heterocycles. The third kappa shape index (κ3) is 4.92. The van der Waals surface area contributed by atoms with E-state index in [9.17, 15) is 0 Å². The van der Waals surface area contributed by atoms with Crippen molar-refractivity contribution in [2.75, 3.05) is 19.3 Å². The Kier molecular flexibility index (Phi) is 6.63. The van der Waals surface area contributed by atoms with Crippen LogP contribution in [0, 0.1) is 0 Å². The number of thiophene rings is 1. The van der Waals surface area contributed by atoms with Gasteiger partial charge in [-0.1, -0.05) is 19.9 Å². The summed E-state index contributed by atoms with van der Waals surface area (Å²) in [4.78, 5) is 6.25. The molecule has 2 atom stereocenters. The van der Waals surface area contributed by atoms with Crippen LogP contribution >= 0.6 is 23.1 Å². The van der Waals surface area contributed by atoms with Crippen LogP contribution in [0.2, 0.25) is 0 Å². The zero-order valence-corrected chi connectivity index (χ0v) is 15.8. The Hall–Kier alpha value is -0.680. The van der Waals surface area contributed by atoms with Crippen LogP contribution in [0.4, 0.5) is 0 Å². The molecular formula is C17H29N3S2. The quantitative estimate of drug-likeness (QED) is 0.610. The van der Waals surface area contributed by atoms with Crippen molar-refractivity contribution >= 4 is 29.1 Å². The van der Waals surface area contributed by atoms with E-state index in [4.69, 9.17) is 4.99 Å². The lowest BCUT2D eigenvalue weighted by atomic mass is 9.92. The molecule has 0 bridgehead atoms. The minimum absolute atomic E-state index is 0.0913. The van der Waals surface area contributed by atoms with Crippen LogP contribution in [-0.4, -0.2) is 36.6 Å². The van der Waals surface area contributed by atoms with Gasteiger partial charge in [0.05, 0.1) is 6.54 Å². The molecule has 1 aliphatic carbocycles. The summed E-state index contributed by atoms with van der Waals surface area (Å²) in [5.41, 5.74) is 0.0913. The van der Waals surface area contributed by atoms with Gasteiger partial charge in [-0.2, -0.15) is 11.8 Å².